The number of carbonyl (C=O) groups is 1. The Morgan fingerprint density at radius 2 is 1.63 bits per heavy atom. The zero-order valence-electron chi connectivity index (χ0n) is 29.1. The minimum absolute atomic E-state index is 0.01000. The van der Waals surface area contributed by atoms with Gasteiger partial charge < -0.3 is 39.9 Å². The minimum atomic E-state index is -1.69. The van der Waals surface area contributed by atoms with E-state index in [1.807, 2.05) is 39.8 Å². The van der Waals surface area contributed by atoms with E-state index in [9.17, 15) is 34.7 Å². The van der Waals surface area contributed by atoms with E-state index in [1.165, 1.54) is 19.1 Å². The average molecular weight is 656 g/mol. The van der Waals surface area contributed by atoms with Crippen LogP contribution in [0.15, 0.2) is 34.5 Å². The lowest BCUT2D eigenvalue weighted by Crippen LogP contribution is -2.53. The molecule has 0 spiro atoms. The molecule has 2 fully saturated rings. The number of likely N-dealkylation sites (N-methyl/N-ethyl adjacent to an activating group) is 1. The first-order chi connectivity index (χ1) is 21.5. The molecule has 2 saturated heterocycles. The number of nitrogens with zero attached hydrogens (tertiary/aromatic N) is 3. The lowest BCUT2D eigenvalue weighted by atomic mass is 9.84. The fourth-order valence-electron chi connectivity index (χ4n) is 5.22. The van der Waals surface area contributed by atoms with Gasteiger partial charge in [-0.2, -0.15) is 10.2 Å². The van der Waals surface area contributed by atoms with E-state index in [1.54, 1.807) is 32.9 Å². The summed E-state index contributed by atoms with van der Waals surface area (Å²) in [6.07, 6.45) is -0.355. The molecule has 1 aromatic carbocycles. The second kappa shape index (κ2) is 20.1. The van der Waals surface area contributed by atoms with Crippen LogP contribution in [-0.4, -0.2) is 111 Å². The molecule has 12 heteroatoms. The number of ether oxygens (including phenoxy) is 2. The highest BCUT2D eigenvalue weighted by molar-refractivity contribution is 5.99. The number of cyclic esters (lactones) is 1. The van der Waals surface area contributed by atoms with E-state index in [0.29, 0.717) is 49.1 Å². The van der Waals surface area contributed by atoms with Crippen LogP contribution >= 0.6 is 0 Å². The zero-order valence-corrected chi connectivity index (χ0v) is 29.1. The summed E-state index contributed by atoms with van der Waals surface area (Å²) in [4.78, 5) is 14.1. The van der Waals surface area contributed by atoms with E-state index < -0.39 is 42.1 Å². The predicted molar refractivity (Wildman–Crippen MR) is 177 cm³/mol. The van der Waals surface area contributed by atoms with Gasteiger partial charge in [0.05, 0.1) is 29.9 Å². The van der Waals surface area contributed by atoms with Gasteiger partial charge in [-0.05, 0) is 84.7 Å². The maximum absolute atomic E-state index is 13.2. The van der Waals surface area contributed by atoms with Crippen molar-refractivity contribution in [3.8, 4) is 0 Å². The van der Waals surface area contributed by atoms with Gasteiger partial charge in [0.15, 0.2) is 6.29 Å². The van der Waals surface area contributed by atoms with Gasteiger partial charge in [-0.3, -0.25) is 4.79 Å². The quantitative estimate of drug-likeness (QED) is 0.186. The van der Waals surface area contributed by atoms with E-state index in [0.717, 1.165) is 6.42 Å². The van der Waals surface area contributed by atoms with Crippen molar-refractivity contribution >= 4 is 17.4 Å². The summed E-state index contributed by atoms with van der Waals surface area (Å²) in [5, 5.41) is 59.3. The number of hydrogen-bond donors (Lipinski definition) is 5. The van der Waals surface area contributed by atoms with E-state index >= 15 is 0 Å². The van der Waals surface area contributed by atoms with Gasteiger partial charge in [0.2, 0.25) is 0 Å². The number of carbonyl (C=O) groups excluding carboxylic acids is 1. The van der Waals surface area contributed by atoms with Crippen LogP contribution in [0.1, 0.15) is 92.6 Å². The van der Waals surface area contributed by atoms with Crippen molar-refractivity contribution in [2.45, 2.75) is 129 Å². The molecule has 0 amide bonds. The Morgan fingerprint density at radius 1 is 1.02 bits per heavy atom. The van der Waals surface area contributed by atoms with Crippen LogP contribution in [0, 0.1) is 17.7 Å². The molecular weight excluding hydrogens is 597 g/mol. The van der Waals surface area contributed by atoms with Crippen LogP contribution in [0.25, 0.3) is 0 Å². The van der Waals surface area contributed by atoms with Gasteiger partial charge in [0, 0.05) is 17.7 Å². The van der Waals surface area contributed by atoms with Gasteiger partial charge in [-0.1, -0.05) is 46.2 Å². The van der Waals surface area contributed by atoms with Crippen molar-refractivity contribution in [2.75, 3.05) is 20.7 Å². The first kappa shape index (κ1) is 41.7. The number of halogens is 1. The van der Waals surface area contributed by atoms with Crippen molar-refractivity contribution in [3.05, 3.63) is 35.6 Å². The molecule has 3 rings (SSSR count). The Bertz CT molecular complexity index is 1100. The summed E-state index contributed by atoms with van der Waals surface area (Å²) in [7, 11) is 3.78. The van der Waals surface area contributed by atoms with Crippen molar-refractivity contribution in [1.29, 1.82) is 0 Å². The molecule has 264 valence electrons. The number of aliphatic hydroxyl groups excluding tert-OH is 4. The molecule has 2 heterocycles. The summed E-state index contributed by atoms with van der Waals surface area (Å²) >= 11 is 0. The smallest absolute Gasteiger partial charge is 0.308 e. The number of aliphatic hydroxyl groups is 5. The molecule has 0 radical (unpaired) electrons. The summed E-state index contributed by atoms with van der Waals surface area (Å²) in [6.45, 7) is 12.2. The van der Waals surface area contributed by atoms with Gasteiger partial charge in [-0.25, -0.2) is 4.39 Å². The first-order valence-electron chi connectivity index (χ1n) is 16.3. The Morgan fingerprint density at radius 3 is 2.22 bits per heavy atom. The number of esters is 1. The molecule has 9 unspecified atom stereocenters. The summed E-state index contributed by atoms with van der Waals surface area (Å²) in [5.41, 5.74) is 0.0929. The topological polar surface area (TPSA) is 165 Å². The number of rotatable bonds is 3. The van der Waals surface area contributed by atoms with Gasteiger partial charge in [0.1, 0.15) is 24.1 Å². The van der Waals surface area contributed by atoms with E-state index in [2.05, 4.69) is 10.2 Å². The fraction of sp³-hybridized carbons (Fsp3) is 0.735. The molecule has 46 heavy (non-hydrogen) atoms. The van der Waals surface area contributed by atoms with Crippen LogP contribution in [0.3, 0.4) is 0 Å². The second-order valence-electron chi connectivity index (χ2n) is 12.6. The maximum atomic E-state index is 13.2. The second-order valence-corrected chi connectivity index (χ2v) is 12.6. The largest absolute Gasteiger partial charge is 0.462 e. The Hall–Kier alpha value is -2.32. The molecule has 0 aromatic heterocycles. The Balaban J connectivity index is 0.000000629. The molecule has 11 nitrogen and oxygen atoms in total. The molecular formula is C34H58FN3O8. The van der Waals surface area contributed by atoms with E-state index in [-0.39, 0.29) is 30.5 Å². The fourth-order valence-corrected chi connectivity index (χ4v) is 5.22. The number of benzene rings is 1. The van der Waals surface area contributed by atoms with Crippen LogP contribution < -0.4 is 0 Å². The lowest BCUT2D eigenvalue weighted by Gasteiger charge is -2.38. The molecule has 2 aliphatic rings. The highest BCUT2D eigenvalue weighted by Crippen LogP contribution is 2.25. The van der Waals surface area contributed by atoms with Gasteiger partial charge >= 0.3 is 5.97 Å². The number of hydrogen-bond acceptors (Lipinski definition) is 11. The third-order valence-electron chi connectivity index (χ3n) is 8.34. The summed E-state index contributed by atoms with van der Waals surface area (Å²) < 4.78 is 23.5. The maximum Gasteiger partial charge on any atom is 0.308 e. The van der Waals surface area contributed by atoms with Gasteiger partial charge in [0.25, 0.3) is 0 Å². The molecule has 1 aromatic rings. The van der Waals surface area contributed by atoms with Crippen LogP contribution in [-0.2, 0) is 14.3 Å². The highest BCUT2D eigenvalue weighted by Gasteiger charge is 2.39. The van der Waals surface area contributed by atoms with E-state index in [4.69, 9.17) is 9.47 Å². The lowest BCUT2D eigenvalue weighted by molar-refractivity contribution is -0.230. The summed E-state index contributed by atoms with van der Waals surface area (Å²) in [5.74, 6) is -1.75. The molecule has 9 atom stereocenters. The molecule has 5 N–H and O–H groups in total. The van der Waals surface area contributed by atoms with Crippen molar-refractivity contribution in [1.82, 2.24) is 4.90 Å². The van der Waals surface area contributed by atoms with Crippen LogP contribution in [0.2, 0.25) is 0 Å². The average Bonchev–Trinajstić information content (AvgIpc) is 3.01. The Labute approximate surface area is 274 Å². The normalized spacial score (nSPS) is 34.4. The minimum Gasteiger partial charge on any atom is -0.462 e. The standard InChI is InChI=1S/C24H35FN2O5.C8H17NO3.C2H6/c1-15-6-5-7-20(28)12-13-21(16(2)22(29)24(4,31)14-32-23(15)30)27-26-17(3)18-8-10-19(25)11-9-18;1-5-4-6(9(2)3)7(10)8(11)12-5;1-2/h8-11,15-16,20,22,28-29,31H,5-7,12-14H2,1-4H3;5-8,10-11H,4H2,1-3H3;1-2H3/b26-17+,27-21+;;. The molecule has 0 aliphatic carbocycles. The predicted octanol–water partition coefficient (Wildman–Crippen LogP) is 3.67. The third-order valence-corrected chi connectivity index (χ3v) is 8.34. The SMILES string of the molecule is C/C(=N\N=C1/CCC(O)CCCC(C)C(=O)OCC(C)(O)C(O)C1C)c1ccc(F)cc1.CC.CC1CC(N(C)C)C(O)C(O)O1. The molecule has 0 saturated carbocycles. The highest BCUT2D eigenvalue weighted by atomic mass is 19.1. The zero-order chi connectivity index (χ0) is 35.2. The summed E-state index contributed by atoms with van der Waals surface area (Å²) in [6, 6.07) is 5.87. The van der Waals surface area contributed by atoms with Crippen molar-refractivity contribution < 1.29 is 44.2 Å². The van der Waals surface area contributed by atoms with Gasteiger partial charge in [-0.15, -0.1) is 0 Å². The third kappa shape index (κ3) is 13.4. The Kier molecular flexibility index (Phi) is 18.3. The molecule has 2 aliphatic heterocycles. The van der Waals surface area contributed by atoms with Crippen LogP contribution in [0.4, 0.5) is 4.39 Å². The van der Waals surface area contributed by atoms with Crippen LogP contribution in [0.5, 0.6) is 0 Å². The molecule has 0 bridgehead atoms. The van der Waals surface area contributed by atoms with Crippen molar-refractivity contribution in [2.24, 2.45) is 22.0 Å². The monoisotopic (exact) mass is 655 g/mol. The van der Waals surface area contributed by atoms with Crippen molar-refractivity contribution in [3.63, 3.8) is 0 Å². The first-order valence-corrected chi connectivity index (χ1v) is 16.3.